The van der Waals surface area contributed by atoms with Crippen LogP contribution in [0.5, 0.6) is 0 Å². The SMILES string of the molecule is CC(C)(C)c1ccc(/C=C/C(=O)Nc2cccc(S(=O)(=O)NC3CC3)c2)cc1. The Labute approximate surface area is 166 Å². The Bertz CT molecular complexity index is 983. The number of hydrogen-bond acceptors (Lipinski definition) is 3. The van der Waals surface area contributed by atoms with Gasteiger partial charge in [0.25, 0.3) is 0 Å². The van der Waals surface area contributed by atoms with Crippen molar-refractivity contribution in [3.8, 4) is 0 Å². The molecule has 3 rings (SSSR count). The van der Waals surface area contributed by atoms with Gasteiger partial charge in [-0.15, -0.1) is 0 Å². The van der Waals surface area contributed by atoms with Gasteiger partial charge in [0.2, 0.25) is 15.9 Å². The number of benzene rings is 2. The van der Waals surface area contributed by atoms with Gasteiger partial charge in [0.05, 0.1) is 4.90 Å². The highest BCUT2D eigenvalue weighted by Crippen LogP contribution is 2.24. The van der Waals surface area contributed by atoms with Crippen molar-refractivity contribution < 1.29 is 13.2 Å². The molecule has 1 fully saturated rings. The summed E-state index contributed by atoms with van der Waals surface area (Å²) in [7, 11) is -3.55. The lowest BCUT2D eigenvalue weighted by Gasteiger charge is -2.18. The van der Waals surface area contributed by atoms with Crippen LogP contribution < -0.4 is 10.0 Å². The van der Waals surface area contributed by atoms with Crippen molar-refractivity contribution in [2.45, 2.75) is 50.0 Å². The third kappa shape index (κ3) is 5.53. The van der Waals surface area contributed by atoms with Crippen molar-refractivity contribution in [3.05, 3.63) is 65.7 Å². The lowest BCUT2D eigenvalue weighted by Crippen LogP contribution is -2.25. The molecule has 0 atom stereocenters. The van der Waals surface area contributed by atoms with Crippen LogP contribution in [0.3, 0.4) is 0 Å². The van der Waals surface area contributed by atoms with Crippen LogP contribution >= 0.6 is 0 Å². The summed E-state index contributed by atoms with van der Waals surface area (Å²) in [5.74, 6) is -0.315. The lowest BCUT2D eigenvalue weighted by atomic mass is 9.87. The lowest BCUT2D eigenvalue weighted by molar-refractivity contribution is -0.111. The van der Waals surface area contributed by atoms with E-state index in [9.17, 15) is 13.2 Å². The zero-order valence-electron chi connectivity index (χ0n) is 16.4. The number of carbonyl (C=O) groups is 1. The average Bonchev–Trinajstić information content (AvgIpc) is 3.43. The van der Waals surface area contributed by atoms with Gasteiger partial charge in [0, 0.05) is 17.8 Å². The van der Waals surface area contributed by atoms with Crippen molar-refractivity contribution in [1.82, 2.24) is 4.72 Å². The number of anilines is 1. The van der Waals surface area contributed by atoms with E-state index in [0.717, 1.165) is 18.4 Å². The van der Waals surface area contributed by atoms with E-state index in [1.54, 1.807) is 18.2 Å². The maximum absolute atomic E-state index is 12.3. The molecule has 0 bridgehead atoms. The summed E-state index contributed by atoms with van der Waals surface area (Å²) in [6, 6.07) is 14.4. The molecule has 148 valence electrons. The Morgan fingerprint density at radius 3 is 2.36 bits per heavy atom. The molecular formula is C22H26N2O3S. The van der Waals surface area contributed by atoms with E-state index in [0.29, 0.717) is 5.69 Å². The molecule has 2 aromatic rings. The largest absolute Gasteiger partial charge is 0.322 e. The predicted molar refractivity (Wildman–Crippen MR) is 113 cm³/mol. The van der Waals surface area contributed by atoms with Crippen molar-refractivity contribution in [2.24, 2.45) is 0 Å². The number of carbonyl (C=O) groups excluding carboxylic acids is 1. The first-order valence-electron chi connectivity index (χ1n) is 9.35. The number of rotatable bonds is 6. The molecule has 2 aromatic carbocycles. The highest BCUT2D eigenvalue weighted by atomic mass is 32.2. The zero-order chi connectivity index (χ0) is 20.4. The van der Waals surface area contributed by atoms with E-state index in [4.69, 9.17) is 0 Å². The normalized spacial score (nSPS) is 15.0. The first-order chi connectivity index (χ1) is 13.1. The Balaban J connectivity index is 1.64. The van der Waals surface area contributed by atoms with E-state index in [2.05, 4.69) is 42.9 Å². The van der Waals surface area contributed by atoms with Crippen molar-refractivity contribution in [2.75, 3.05) is 5.32 Å². The summed E-state index contributed by atoms with van der Waals surface area (Å²) in [6.45, 7) is 6.46. The zero-order valence-corrected chi connectivity index (χ0v) is 17.2. The first kappa shape index (κ1) is 20.3. The van der Waals surface area contributed by atoms with Crippen molar-refractivity contribution in [3.63, 3.8) is 0 Å². The van der Waals surface area contributed by atoms with Crippen LogP contribution in [0.1, 0.15) is 44.7 Å². The third-order valence-electron chi connectivity index (χ3n) is 4.51. The maximum atomic E-state index is 12.3. The number of sulfonamides is 1. The Morgan fingerprint density at radius 1 is 1.07 bits per heavy atom. The topological polar surface area (TPSA) is 75.3 Å². The maximum Gasteiger partial charge on any atom is 0.248 e. The molecule has 0 saturated heterocycles. The fourth-order valence-corrected chi connectivity index (χ4v) is 4.03. The minimum absolute atomic E-state index is 0.0378. The smallest absolute Gasteiger partial charge is 0.248 e. The molecule has 0 spiro atoms. The van der Waals surface area contributed by atoms with Gasteiger partial charge in [-0.3, -0.25) is 4.79 Å². The van der Waals surface area contributed by atoms with Crippen LogP contribution in [0.2, 0.25) is 0 Å². The van der Waals surface area contributed by atoms with Crippen LogP contribution in [0.25, 0.3) is 6.08 Å². The molecule has 6 heteroatoms. The standard InChI is InChI=1S/C22H26N2O3S/c1-22(2,3)17-10-7-16(8-11-17)9-14-21(25)23-19-5-4-6-20(15-19)28(26,27)24-18-12-13-18/h4-11,14-15,18,24H,12-13H2,1-3H3,(H,23,25)/b14-9+. The molecule has 0 radical (unpaired) electrons. The molecule has 0 heterocycles. The molecule has 1 aliphatic carbocycles. The second kappa shape index (κ2) is 7.89. The summed E-state index contributed by atoms with van der Waals surface area (Å²) >= 11 is 0. The van der Waals surface area contributed by atoms with Crippen molar-refractivity contribution >= 4 is 27.7 Å². The van der Waals surface area contributed by atoms with Crippen LogP contribution in [0, 0.1) is 0 Å². The van der Waals surface area contributed by atoms with Gasteiger partial charge in [-0.2, -0.15) is 0 Å². The average molecular weight is 399 g/mol. The Morgan fingerprint density at radius 2 is 1.75 bits per heavy atom. The third-order valence-corrected chi connectivity index (χ3v) is 6.03. The summed E-state index contributed by atoms with van der Waals surface area (Å²) in [4.78, 5) is 12.3. The Hall–Kier alpha value is -2.44. The summed E-state index contributed by atoms with van der Waals surface area (Å²) < 4.78 is 27.2. The molecule has 0 unspecified atom stereocenters. The second-order valence-corrected chi connectivity index (χ2v) is 9.83. The fraction of sp³-hybridized carbons (Fsp3) is 0.318. The van der Waals surface area contributed by atoms with Gasteiger partial charge in [-0.05, 0) is 53.7 Å². The molecule has 1 saturated carbocycles. The van der Waals surface area contributed by atoms with E-state index in [1.807, 2.05) is 12.1 Å². The molecule has 2 N–H and O–H groups in total. The van der Waals surface area contributed by atoms with Crippen LogP contribution in [0.4, 0.5) is 5.69 Å². The number of hydrogen-bond donors (Lipinski definition) is 2. The van der Waals surface area contributed by atoms with E-state index >= 15 is 0 Å². The monoisotopic (exact) mass is 398 g/mol. The van der Waals surface area contributed by atoms with Gasteiger partial charge in [-0.1, -0.05) is 51.1 Å². The predicted octanol–water partition coefficient (Wildman–Crippen LogP) is 4.08. The number of amides is 1. The van der Waals surface area contributed by atoms with Crippen LogP contribution in [0.15, 0.2) is 59.5 Å². The van der Waals surface area contributed by atoms with Gasteiger partial charge in [-0.25, -0.2) is 13.1 Å². The van der Waals surface area contributed by atoms with E-state index in [-0.39, 0.29) is 22.3 Å². The molecular weight excluding hydrogens is 372 g/mol. The highest BCUT2D eigenvalue weighted by Gasteiger charge is 2.28. The quantitative estimate of drug-likeness (QED) is 0.720. The molecule has 0 aliphatic heterocycles. The number of nitrogens with one attached hydrogen (secondary N) is 2. The van der Waals surface area contributed by atoms with E-state index < -0.39 is 10.0 Å². The molecule has 1 amide bonds. The minimum atomic E-state index is -3.55. The van der Waals surface area contributed by atoms with Gasteiger partial charge >= 0.3 is 0 Å². The molecule has 28 heavy (non-hydrogen) atoms. The molecule has 5 nitrogen and oxygen atoms in total. The summed E-state index contributed by atoms with van der Waals surface area (Å²) in [5, 5.41) is 2.71. The summed E-state index contributed by atoms with van der Waals surface area (Å²) in [6.07, 6.45) is 4.92. The Kier molecular flexibility index (Phi) is 5.72. The van der Waals surface area contributed by atoms with Crippen molar-refractivity contribution in [1.29, 1.82) is 0 Å². The molecule has 1 aliphatic rings. The molecule has 0 aromatic heterocycles. The van der Waals surface area contributed by atoms with Crippen LogP contribution in [-0.2, 0) is 20.2 Å². The second-order valence-electron chi connectivity index (χ2n) is 8.12. The first-order valence-corrected chi connectivity index (χ1v) is 10.8. The van der Waals surface area contributed by atoms with Gasteiger partial charge in [0.15, 0.2) is 0 Å². The van der Waals surface area contributed by atoms with Crippen LogP contribution in [-0.4, -0.2) is 20.4 Å². The van der Waals surface area contributed by atoms with E-state index in [1.165, 1.54) is 23.8 Å². The van der Waals surface area contributed by atoms with Gasteiger partial charge in [0.1, 0.15) is 0 Å². The highest BCUT2D eigenvalue weighted by molar-refractivity contribution is 7.89. The minimum Gasteiger partial charge on any atom is -0.322 e. The van der Waals surface area contributed by atoms with Gasteiger partial charge < -0.3 is 5.32 Å². The summed E-state index contributed by atoms with van der Waals surface area (Å²) in [5.41, 5.74) is 2.68. The fourth-order valence-electron chi connectivity index (χ4n) is 2.68.